The summed E-state index contributed by atoms with van der Waals surface area (Å²) in [5, 5.41) is 0. The molecule has 0 aromatic carbocycles. The second-order valence-electron chi connectivity index (χ2n) is 3.58. The summed E-state index contributed by atoms with van der Waals surface area (Å²) < 4.78 is 1.01. The Labute approximate surface area is 106 Å². The van der Waals surface area contributed by atoms with Gasteiger partial charge >= 0.3 is 0 Å². The number of hydrogen-bond acceptors (Lipinski definition) is 3. The fourth-order valence-corrected chi connectivity index (χ4v) is 2.81. The van der Waals surface area contributed by atoms with Crippen LogP contribution in [0.5, 0.6) is 0 Å². The molecule has 0 atom stereocenters. The van der Waals surface area contributed by atoms with Crippen molar-refractivity contribution in [2.24, 2.45) is 0 Å². The van der Waals surface area contributed by atoms with Crippen LogP contribution in [0.2, 0.25) is 0 Å². The molecule has 82 valence electrons. The summed E-state index contributed by atoms with van der Waals surface area (Å²) in [6.45, 7) is 3.88. The minimum atomic E-state index is 0.0336. The van der Waals surface area contributed by atoms with Crippen LogP contribution in [0.15, 0.2) is 28.2 Å². The molecule has 16 heavy (non-hydrogen) atoms. The van der Waals surface area contributed by atoms with Crippen molar-refractivity contribution in [2.45, 2.75) is 13.8 Å². The highest BCUT2D eigenvalue weighted by Crippen LogP contribution is 2.28. The Morgan fingerprint density at radius 3 is 2.62 bits per heavy atom. The van der Waals surface area contributed by atoms with Gasteiger partial charge in [-0.05, 0) is 53.5 Å². The van der Waals surface area contributed by atoms with Crippen LogP contribution in [0.4, 0.5) is 0 Å². The first-order valence-electron chi connectivity index (χ1n) is 4.81. The van der Waals surface area contributed by atoms with E-state index in [1.807, 2.05) is 32.0 Å². The van der Waals surface area contributed by atoms with Gasteiger partial charge in [-0.1, -0.05) is 0 Å². The highest BCUT2D eigenvalue weighted by atomic mass is 79.9. The van der Waals surface area contributed by atoms with Crippen molar-refractivity contribution < 1.29 is 4.79 Å². The summed E-state index contributed by atoms with van der Waals surface area (Å²) in [7, 11) is 0. The van der Waals surface area contributed by atoms with Crippen molar-refractivity contribution in [2.75, 3.05) is 0 Å². The fourth-order valence-electron chi connectivity index (χ4n) is 1.32. The van der Waals surface area contributed by atoms with Gasteiger partial charge in [0.2, 0.25) is 5.78 Å². The Balaban J connectivity index is 2.35. The van der Waals surface area contributed by atoms with E-state index in [4.69, 9.17) is 0 Å². The molecule has 0 radical (unpaired) electrons. The molecular formula is C12H10BrNOS. The molecule has 2 heterocycles. The summed E-state index contributed by atoms with van der Waals surface area (Å²) in [5.74, 6) is 0.0336. The van der Waals surface area contributed by atoms with Crippen molar-refractivity contribution in [3.63, 3.8) is 0 Å². The number of thiophene rings is 1. The molecule has 0 saturated heterocycles. The lowest BCUT2D eigenvalue weighted by atomic mass is 10.1. The summed E-state index contributed by atoms with van der Waals surface area (Å²) in [5.41, 5.74) is 2.65. The van der Waals surface area contributed by atoms with Gasteiger partial charge in [0, 0.05) is 17.5 Å². The average Bonchev–Trinajstić information content (AvgIpc) is 2.59. The number of nitrogens with zero attached hydrogens (tertiary/aromatic N) is 1. The Kier molecular flexibility index (Phi) is 3.21. The molecule has 0 bridgehead atoms. The smallest absolute Gasteiger partial charge is 0.204 e. The third-order valence-electron chi connectivity index (χ3n) is 2.25. The van der Waals surface area contributed by atoms with E-state index in [0.717, 1.165) is 19.9 Å². The number of pyridine rings is 1. The number of aromatic nitrogens is 1. The van der Waals surface area contributed by atoms with Crippen LogP contribution >= 0.6 is 27.3 Å². The molecule has 2 nitrogen and oxygen atoms in total. The molecule has 0 saturated carbocycles. The van der Waals surface area contributed by atoms with Gasteiger partial charge in [-0.25, -0.2) is 0 Å². The van der Waals surface area contributed by atoms with Crippen LogP contribution in [-0.2, 0) is 0 Å². The van der Waals surface area contributed by atoms with E-state index in [1.54, 1.807) is 6.20 Å². The molecule has 4 heteroatoms. The second-order valence-corrected chi connectivity index (χ2v) is 5.95. The van der Waals surface area contributed by atoms with E-state index in [1.165, 1.54) is 11.3 Å². The highest BCUT2D eigenvalue weighted by molar-refractivity contribution is 9.11. The first-order chi connectivity index (χ1) is 7.58. The number of ketones is 1. The molecule has 2 rings (SSSR count). The van der Waals surface area contributed by atoms with Gasteiger partial charge < -0.3 is 0 Å². The Hall–Kier alpha value is -1.00. The summed E-state index contributed by atoms with van der Waals surface area (Å²) in [4.78, 5) is 16.9. The predicted molar refractivity (Wildman–Crippen MR) is 69.2 cm³/mol. The minimum absolute atomic E-state index is 0.0336. The number of rotatable bonds is 2. The highest BCUT2D eigenvalue weighted by Gasteiger charge is 2.13. The molecule has 0 aliphatic heterocycles. The molecule has 2 aromatic heterocycles. The largest absolute Gasteiger partial charge is 0.288 e. The number of carbonyl (C=O) groups is 1. The number of hydrogen-bond donors (Lipinski definition) is 0. The van der Waals surface area contributed by atoms with E-state index in [2.05, 4.69) is 20.9 Å². The quantitative estimate of drug-likeness (QED) is 0.790. The van der Waals surface area contributed by atoms with Gasteiger partial charge in [0.25, 0.3) is 0 Å². The molecule has 0 N–H and O–H groups in total. The molecule has 0 spiro atoms. The standard InChI is InChI=1S/C12H10BrNOS/c1-7-5-10(16-12(7)13)11(15)9-4-3-8(2)14-6-9/h3-6H,1-2H3. The topological polar surface area (TPSA) is 30.0 Å². The second kappa shape index (κ2) is 4.47. The molecular weight excluding hydrogens is 286 g/mol. The molecule has 0 amide bonds. The number of carbonyl (C=O) groups excluding carboxylic acids is 1. The normalized spacial score (nSPS) is 10.4. The summed E-state index contributed by atoms with van der Waals surface area (Å²) in [6, 6.07) is 5.56. The van der Waals surface area contributed by atoms with Crippen molar-refractivity contribution >= 4 is 33.0 Å². The van der Waals surface area contributed by atoms with E-state index >= 15 is 0 Å². The van der Waals surface area contributed by atoms with Gasteiger partial charge in [0.05, 0.1) is 8.66 Å². The van der Waals surface area contributed by atoms with E-state index in [-0.39, 0.29) is 5.78 Å². The van der Waals surface area contributed by atoms with Crippen LogP contribution in [0, 0.1) is 13.8 Å². The number of aryl methyl sites for hydroxylation is 2. The van der Waals surface area contributed by atoms with E-state index in [0.29, 0.717) is 5.56 Å². The maximum atomic E-state index is 12.1. The molecule has 0 aliphatic carbocycles. The fraction of sp³-hybridized carbons (Fsp3) is 0.167. The van der Waals surface area contributed by atoms with Gasteiger partial charge in [0.1, 0.15) is 0 Å². The van der Waals surface area contributed by atoms with Crippen LogP contribution in [-0.4, -0.2) is 10.8 Å². The Morgan fingerprint density at radius 2 is 2.12 bits per heavy atom. The van der Waals surface area contributed by atoms with Crippen LogP contribution in [0.3, 0.4) is 0 Å². The van der Waals surface area contributed by atoms with Crippen molar-refractivity contribution in [3.05, 3.63) is 49.9 Å². The lowest BCUT2D eigenvalue weighted by molar-refractivity contribution is 0.104. The zero-order valence-corrected chi connectivity index (χ0v) is 11.4. The van der Waals surface area contributed by atoms with E-state index in [9.17, 15) is 4.79 Å². The molecule has 0 unspecified atom stereocenters. The van der Waals surface area contributed by atoms with Crippen molar-refractivity contribution in [3.8, 4) is 0 Å². The molecule has 2 aromatic rings. The Bertz CT molecular complexity index is 511. The Morgan fingerprint density at radius 1 is 1.38 bits per heavy atom. The average molecular weight is 296 g/mol. The third-order valence-corrected chi connectivity index (χ3v) is 4.39. The summed E-state index contributed by atoms with van der Waals surface area (Å²) >= 11 is 4.88. The number of halogens is 1. The van der Waals surface area contributed by atoms with Crippen LogP contribution in [0.1, 0.15) is 26.5 Å². The maximum Gasteiger partial charge on any atom is 0.204 e. The van der Waals surface area contributed by atoms with Gasteiger partial charge in [-0.15, -0.1) is 11.3 Å². The molecule has 0 fully saturated rings. The lowest BCUT2D eigenvalue weighted by Gasteiger charge is -1.97. The van der Waals surface area contributed by atoms with Gasteiger partial charge in [0.15, 0.2) is 0 Å². The van der Waals surface area contributed by atoms with Crippen LogP contribution in [0.25, 0.3) is 0 Å². The van der Waals surface area contributed by atoms with Crippen LogP contribution < -0.4 is 0 Å². The van der Waals surface area contributed by atoms with Crippen molar-refractivity contribution in [1.82, 2.24) is 4.98 Å². The minimum Gasteiger partial charge on any atom is -0.288 e. The van der Waals surface area contributed by atoms with Crippen molar-refractivity contribution in [1.29, 1.82) is 0 Å². The maximum absolute atomic E-state index is 12.1. The molecule has 0 aliphatic rings. The predicted octanol–water partition coefficient (Wildman–Crippen LogP) is 3.75. The zero-order chi connectivity index (χ0) is 11.7. The van der Waals surface area contributed by atoms with Gasteiger partial charge in [-0.2, -0.15) is 0 Å². The monoisotopic (exact) mass is 295 g/mol. The lowest BCUT2D eigenvalue weighted by Crippen LogP contribution is -1.99. The SMILES string of the molecule is Cc1ccc(C(=O)c2cc(C)c(Br)s2)cn1. The zero-order valence-electron chi connectivity index (χ0n) is 8.95. The third kappa shape index (κ3) is 2.23. The first-order valence-corrected chi connectivity index (χ1v) is 6.42. The van der Waals surface area contributed by atoms with E-state index < -0.39 is 0 Å². The van der Waals surface area contributed by atoms with Gasteiger partial charge in [-0.3, -0.25) is 9.78 Å². The first kappa shape index (κ1) is 11.5. The summed E-state index contributed by atoms with van der Waals surface area (Å²) in [6.07, 6.45) is 1.63.